The Labute approximate surface area is 105 Å². The van der Waals surface area contributed by atoms with Gasteiger partial charge in [-0.05, 0) is 44.0 Å². The number of piperidine rings is 1. The summed E-state index contributed by atoms with van der Waals surface area (Å²) < 4.78 is 1.02. The smallest absolute Gasteiger partial charge is 0.163 e. The molecule has 1 aliphatic rings. The third-order valence-electron chi connectivity index (χ3n) is 3.10. The van der Waals surface area contributed by atoms with Gasteiger partial charge in [-0.25, -0.2) is 0 Å². The van der Waals surface area contributed by atoms with Crippen LogP contribution in [-0.4, -0.2) is 18.9 Å². The summed E-state index contributed by atoms with van der Waals surface area (Å²) in [5.74, 6) is 0.844. The molecule has 1 aliphatic heterocycles. The third kappa shape index (κ3) is 3.16. The highest BCUT2D eigenvalue weighted by molar-refractivity contribution is 9.10. The van der Waals surface area contributed by atoms with Crippen LogP contribution in [0.5, 0.6) is 0 Å². The second-order valence-corrected chi connectivity index (χ2v) is 5.24. The van der Waals surface area contributed by atoms with Crippen LogP contribution in [-0.2, 0) is 0 Å². The molecular formula is C13H16BrNO. The standard InChI is InChI=1S/C13H16BrNO/c14-12-3-1-11(2-4-12)13(16)9-10-5-7-15-8-6-10/h1-4,10,15H,5-9H2. The van der Waals surface area contributed by atoms with Gasteiger partial charge >= 0.3 is 0 Å². The molecule has 1 aromatic carbocycles. The van der Waals surface area contributed by atoms with Gasteiger partial charge < -0.3 is 5.32 Å². The Balaban J connectivity index is 1.94. The number of hydrogen-bond donors (Lipinski definition) is 1. The summed E-state index contributed by atoms with van der Waals surface area (Å²) in [4.78, 5) is 12.0. The lowest BCUT2D eigenvalue weighted by atomic mass is 9.91. The lowest BCUT2D eigenvalue weighted by Crippen LogP contribution is -2.28. The Kier molecular flexibility index (Phi) is 4.13. The van der Waals surface area contributed by atoms with E-state index in [-0.39, 0.29) is 5.78 Å². The maximum Gasteiger partial charge on any atom is 0.163 e. The van der Waals surface area contributed by atoms with Crippen molar-refractivity contribution in [3.8, 4) is 0 Å². The average Bonchev–Trinajstić information content (AvgIpc) is 2.31. The third-order valence-corrected chi connectivity index (χ3v) is 3.63. The predicted octanol–water partition coefficient (Wildman–Crippen LogP) is 3.02. The van der Waals surface area contributed by atoms with Crippen LogP contribution < -0.4 is 5.32 Å². The SMILES string of the molecule is O=C(CC1CCNCC1)c1ccc(Br)cc1. The molecule has 0 saturated carbocycles. The van der Waals surface area contributed by atoms with Gasteiger partial charge in [-0.1, -0.05) is 28.1 Å². The molecule has 86 valence electrons. The van der Waals surface area contributed by atoms with Crippen LogP contribution >= 0.6 is 15.9 Å². The van der Waals surface area contributed by atoms with Crippen LogP contribution in [0.15, 0.2) is 28.7 Å². The Morgan fingerprint density at radius 2 is 1.88 bits per heavy atom. The lowest BCUT2D eigenvalue weighted by Gasteiger charge is -2.21. The molecule has 3 heteroatoms. The van der Waals surface area contributed by atoms with Gasteiger partial charge in [-0.3, -0.25) is 4.79 Å². The topological polar surface area (TPSA) is 29.1 Å². The first-order valence-corrected chi connectivity index (χ1v) is 6.54. The normalized spacial score (nSPS) is 17.3. The summed E-state index contributed by atoms with van der Waals surface area (Å²) in [6.07, 6.45) is 2.95. The molecule has 16 heavy (non-hydrogen) atoms. The Morgan fingerprint density at radius 3 is 2.50 bits per heavy atom. The van der Waals surface area contributed by atoms with Gasteiger partial charge in [0.15, 0.2) is 5.78 Å². The van der Waals surface area contributed by atoms with Crippen LogP contribution in [0, 0.1) is 5.92 Å². The van der Waals surface area contributed by atoms with Crippen molar-refractivity contribution in [3.63, 3.8) is 0 Å². The first-order valence-electron chi connectivity index (χ1n) is 5.75. The minimum atomic E-state index is 0.277. The molecule has 1 aromatic rings. The number of ketones is 1. The van der Waals surface area contributed by atoms with E-state index in [0.717, 1.165) is 36.0 Å². The molecule has 2 nitrogen and oxygen atoms in total. The lowest BCUT2D eigenvalue weighted by molar-refractivity contribution is 0.0952. The number of halogens is 1. The van der Waals surface area contributed by atoms with Gasteiger partial charge in [0.25, 0.3) is 0 Å². The van der Waals surface area contributed by atoms with Crippen molar-refractivity contribution in [2.24, 2.45) is 5.92 Å². The molecule has 0 amide bonds. The summed E-state index contributed by atoms with van der Waals surface area (Å²) in [6.45, 7) is 2.11. The van der Waals surface area contributed by atoms with Crippen molar-refractivity contribution in [3.05, 3.63) is 34.3 Å². The van der Waals surface area contributed by atoms with Crippen LogP contribution in [0.4, 0.5) is 0 Å². The molecule has 0 radical (unpaired) electrons. The van der Waals surface area contributed by atoms with E-state index in [4.69, 9.17) is 0 Å². The highest BCUT2D eigenvalue weighted by Crippen LogP contribution is 2.19. The monoisotopic (exact) mass is 281 g/mol. The van der Waals surface area contributed by atoms with Crippen molar-refractivity contribution in [1.29, 1.82) is 0 Å². The molecule has 1 saturated heterocycles. The average molecular weight is 282 g/mol. The zero-order valence-corrected chi connectivity index (χ0v) is 10.8. The summed E-state index contributed by atoms with van der Waals surface area (Å²) >= 11 is 3.37. The molecule has 1 heterocycles. The zero-order valence-electron chi connectivity index (χ0n) is 9.21. The molecule has 0 aliphatic carbocycles. The Morgan fingerprint density at radius 1 is 1.25 bits per heavy atom. The van der Waals surface area contributed by atoms with Crippen LogP contribution in [0.1, 0.15) is 29.6 Å². The van der Waals surface area contributed by atoms with Gasteiger partial charge in [0.1, 0.15) is 0 Å². The van der Waals surface area contributed by atoms with E-state index < -0.39 is 0 Å². The van der Waals surface area contributed by atoms with Gasteiger partial charge in [0.2, 0.25) is 0 Å². The quantitative estimate of drug-likeness (QED) is 0.863. The molecule has 1 fully saturated rings. The van der Waals surface area contributed by atoms with Gasteiger partial charge in [-0.2, -0.15) is 0 Å². The van der Waals surface area contributed by atoms with Gasteiger partial charge in [0.05, 0.1) is 0 Å². The van der Waals surface area contributed by atoms with E-state index in [2.05, 4.69) is 21.2 Å². The number of carbonyl (C=O) groups is 1. The predicted molar refractivity (Wildman–Crippen MR) is 68.7 cm³/mol. The molecular weight excluding hydrogens is 266 g/mol. The maximum atomic E-state index is 12.0. The molecule has 0 aromatic heterocycles. The largest absolute Gasteiger partial charge is 0.317 e. The molecule has 2 rings (SSSR count). The van der Waals surface area contributed by atoms with Gasteiger partial charge in [0, 0.05) is 16.5 Å². The van der Waals surface area contributed by atoms with Crippen molar-refractivity contribution >= 4 is 21.7 Å². The highest BCUT2D eigenvalue weighted by Gasteiger charge is 2.17. The second-order valence-electron chi connectivity index (χ2n) is 4.33. The zero-order chi connectivity index (χ0) is 11.4. The van der Waals surface area contributed by atoms with E-state index in [1.54, 1.807) is 0 Å². The summed E-state index contributed by atoms with van der Waals surface area (Å²) in [5, 5.41) is 3.32. The van der Waals surface area contributed by atoms with Crippen molar-refractivity contribution < 1.29 is 4.79 Å². The number of hydrogen-bond acceptors (Lipinski definition) is 2. The number of Topliss-reactive ketones (excluding diaryl/α,β-unsaturated/α-hetero) is 1. The summed E-state index contributed by atoms with van der Waals surface area (Å²) in [5.41, 5.74) is 0.835. The van der Waals surface area contributed by atoms with E-state index in [9.17, 15) is 4.79 Å². The fourth-order valence-electron chi connectivity index (χ4n) is 2.10. The van der Waals surface area contributed by atoms with Crippen LogP contribution in [0.2, 0.25) is 0 Å². The molecule has 0 atom stereocenters. The van der Waals surface area contributed by atoms with E-state index in [1.165, 1.54) is 0 Å². The number of benzene rings is 1. The summed E-state index contributed by atoms with van der Waals surface area (Å²) in [6, 6.07) is 7.65. The first-order chi connectivity index (χ1) is 7.75. The number of carbonyl (C=O) groups excluding carboxylic acids is 1. The fourth-order valence-corrected chi connectivity index (χ4v) is 2.37. The maximum absolute atomic E-state index is 12.0. The minimum Gasteiger partial charge on any atom is -0.317 e. The Hall–Kier alpha value is -0.670. The number of nitrogens with one attached hydrogen (secondary N) is 1. The van der Waals surface area contributed by atoms with Crippen LogP contribution in [0.25, 0.3) is 0 Å². The Bertz CT molecular complexity index is 355. The minimum absolute atomic E-state index is 0.277. The molecule has 0 spiro atoms. The van der Waals surface area contributed by atoms with Gasteiger partial charge in [-0.15, -0.1) is 0 Å². The number of rotatable bonds is 3. The molecule has 0 unspecified atom stereocenters. The molecule has 0 bridgehead atoms. The summed E-state index contributed by atoms with van der Waals surface area (Å²) in [7, 11) is 0. The van der Waals surface area contributed by atoms with Crippen molar-refractivity contribution in [1.82, 2.24) is 5.32 Å². The highest BCUT2D eigenvalue weighted by atomic mass is 79.9. The van der Waals surface area contributed by atoms with E-state index >= 15 is 0 Å². The second kappa shape index (κ2) is 5.60. The van der Waals surface area contributed by atoms with Crippen molar-refractivity contribution in [2.45, 2.75) is 19.3 Å². The molecule has 1 N–H and O–H groups in total. The fraction of sp³-hybridized carbons (Fsp3) is 0.462. The first kappa shape index (κ1) is 11.8. The van der Waals surface area contributed by atoms with Crippen LogP contribution in [0.3, 0.4) is 0 Å². The van der Waals surface area contributed by atoms with Crippen molar-refractivity contribution in [2.75, 3.05) is 13.1 Å². The van der Waals surface area contributed by atoms with E-state index in [1.807, 2.05) is 24.3 Å². The van der Waals surface area contributed by atoms with E-state index in [0.29, 0.717) is 12.3 Å².